The first-order valence-electron chi connectivity index (χ1n) is 9.92. The third kappa shape index (κ3) is 4.46. The van der Waals surface area contributed by atoms with Crippen molar-refractivity contribution in [1.29, 1.82) is 0 Å². The molecule has 0 fully saturated rings. The second kappa shape index (κ2) is 8.25. The van der Waals surface area contributed by atoms with Crippen LogP contribution in [0.4, 0.5) is 5.00 Å². The van der Waals surface area contributed by atoms with Crippen molar-refractivity contribution in [2.24, 2.45) is 17.1 Å². The molecule has 1 aliphatic carbocycles. The first-order chi connectivity index (χ1) is 14.6. The minimum Gasteiger partial charge on any atom is -0.365 e. The number of fused-ring (bicyclic) bond motifs is 2. The van der Waals surface area contributed by atoms with E-state index in [9.17, 15) is 9.59 Å². The van der Waals surface area contributed by atoms with Crippen molar-refractivity contribution < 1.29 is 9.59 Å². The SMILES string of the molecule is CC(C)(C)[C@H]1CCc2c(sc(NC(=S)NC(=O)c3ccc4nsnc4c3)c2C(N)=O)C1. The van der Waals surface area contributed by atoms with Crippen molar-refractivity contribution in [3.8, 4) is 0 Å². The molecule has 0 saturated heterocycles. The third-order valence-corrected chi connectivity index (χ3v) is 7.64. The molecule has 4 rings (SSSR count). The van der Waals surface area contributed by atoms with Crippen LogP contribution in [0.2, 0.25) is 0 Å². The molecule has 0 bridgehead atoms. The molecule has 2 aromatic heterocycles. The van der Waals surface area contributed by atoms with Gasteiger partial charge in [0, 0.05) is 10.4 Å². The number of nitrogens with two attached hydrogens (primary N) is 1. The number of primary amides is 1. The predicted octanol–water partition coefficient (Wildman–Crippen LogP) is 4.13. The largest absolute Gasteiger partial charge is 0.365 e. The highest BCUT2D eigenvalue weighted by atomic mass is 32.1. The fraction of sp³-hybridized carbons (Fsp3) is 0.381. The average molecular weight is 474 g/mol. The highest BCUT2D eigenvalue weighted by Crippen LogP contribution is 2.44. The second-order valence-corrected chi connectivity index (χ2v) is 10.8. The molecule has 0 saturated carbocycles. The summed E-state index contributed by atoms with van der Waals surface area (Å²) in [7, 11) is 0. The van der Waals surface area contributed by atoms with Gasteiger partial charge in [-0.05, 0) is 66.6 Å². The molecule has 31 heavy (non-hydrogen) atoms. The van der Waals surface area contributed by atoms with Gasteiger partial charge in [-0.1, -0.05) is 20.8 Å². The zero-order valence-corrected chi connectivity index (χ0v) is 19.9. The van der Waals surface area contributed by atoms with E-state index in [0.717, 1.165) is 46.9 Å². The molecule has 1 aromatic carbocycles. The van der Waals surface area contributed by atoms with Crippen LogP contribution in [0.15, 0.2) is 18.2 Å². The number of thiocarbonyl (C=S) groups is 1. The molecule has 0 spiro atoms. The van der Waals surface area contributed by atoms with Crippen molar-refractivity contribution in [2.45, 2.75) is 40.0 Å². The number of anilines is 1. The molecular formula is C21H23N5O2S3. The van der Waals surface area contributed by atoms with E-state index in [0.29, 0.717) is 27.6 Å². The molecule has 0 aliphatic heterocycles. The fourth-order valence-corrected chi connectivity index (χ4v) is 6.02. The lowest BCUT2D eigenvalue weighted by Crippen LogP contribution is -2.34. The van der Waals surface area contributed by atoms with E-state index >= 15 is 0 Å². The van der Waals surface area contributed by atoms with Gasteiger partial charge in [0.15, 0.2) is 5.11 Å². The van der Waals surface area contributed by atoms with Gasteiger partial charge >= 0.3 is 0 Å². The van der Waals surface area contributed by atoms with Crippen LogP contribution in [0.5, 0.6) is 0 Å². The average Bonchev–Trinajstić information content (AvgIpc) is 3.29. The van der Waals surface area contributed by atoms with E-state index in [1.807, 2.05) is 0 Å². The normalized spacial score (nSPS) is 16.0. The van der Waals surface area contributed by atoms with E-state index in [-0.39, 0.29) is 16.4 Å². The van der Waals surface area contributed by atoms with Crippen LogP contribution in [-0.4, -0.2) is 25.7 Å². The lowest BCUT2D eigenvalue weighted by Gasteiger charge is -2.33. The van der Waals surface area contributed by atoms with Gasteiger partial charge in [-0.15, -0.1) is 11.3 Å². The Balaban J connectivity index is 1.52. The Kier molecular flexibility index (Phi) is 5.80. The summed E-state index contributed by atoms with van der Waals surface area (Å²) in [6.07, 6.45) is 2.74. The Morgan fingerprint density at radius 2 is 1.97 bits per heavy atom. The number of thiophene rings is 1. The molecule has 162 valence electrons. The molecule has 0 unspecified atom stereocenters. The highest BCUT2D eigenvalue weighted by molar-refractivity contribution is 7.80. The van der Waals surface area contributed by atoms with Gasteiger partial charge < -0.3 is 11.1 Å². The van der Waals surface area contributed by atoms with Crippen molar-refractivity contribution in [1.82, 2.24) is 14.1 Å². The van der Waals surface area contributed by atoms with Crippen LogP contribution < -0.4 is 16.4 Å². The number of amides is 2. The summed E-state index contributed by atoms with van der Waals surface area (Å²) in [6, 6.07) is 5.09. The summed E-state index contributed by atoms with van der Waals surface area (Å²) in [5, 5.41) is 6.41. The molecule has 4 N–H and O–H groups in total. The predicted molar refractivity (Wildman–Crippen MR) is 129 cm³/mol. The smallest absolute Gasteiger partial charge is 0.257 e. The summed E-state index contributed by atoms with van der Waals surface area (Å²) in [6.45, 7) is 6.73. The second-order valence-electron chi connectivity index (χ2n) is 8.75. The maximum Gasteiger partial charge on any atom is 0.257 e. The van der Waals surface area contributed by atoms with E-state index in [4.69, 9.17) is 18.0 Å². The maximum absolute atomic E-state index is 12.6. The summed E-state index contributed by atoms with van der Waals surface area (Å²) in [5.41, 5.74) is 9.22. The maximum atomic E-state index is 12.6. The van der Waals surface area contributed by atoms with E-state index in [1.54, 1.807) is 18.2 Å². The fourth-order valence-electron chi connectivity index (χ4n) is 3.91. The molecule has 3 aromatic rings. The number of nitrogens with zero attached hydrogens (tertiary/aromatic N) is 2. The number of nitrogens with one attached hydrogen (secondary N) is 2. The number of aromatic nitrogens is 2. The number of benzene rings is 1. The molecule has 7 nitrogen and oxygen atoms in total. The summed E-state index contributed by atoms with van der Waals surface area (Å²) < 4.78 is 8.29. The monoisotopic (exact) mass is 473 g/mol. The van der Waals surface area contributed by atoms with Crippen LogP contribution in [0.3, 0.4) is 0 Å². The van der Waals surface area contributed by atoms with Crippen molar-refractivity contribution in [3.63, 3.8) is 0 Å². The number of hydrogen-bond donors (Lipinski definition) is 3. The Morgan fingerprint density at radius 1 is 1.23 bits per heavy atom. The van der Waals surface area contributed by atoms with E-state index in [1.165, 1.54) is 11.3 Å². The van der Waals surface area contributed by atoms with Crippen LogP contribution in [-0.2, 0) is 12.8 Å². The Bertz CT molecular complexity index is 1190. The van der Waals surface area contributed by atoms with Crippen molar-refractivity contribution in [2.75, 3.05) is 5.32 Å². The Labute approximate surface area is 193 Å². The first kappa shape index (κ1) is 21.8. The summed E-state index contributed by atoms with van der Waals surface area (Å²) >= 11 is 7.94. The third-order valence-electron chi connectivity index (χ3n) is 5.71. The molecule has 2 amide bonds. The molecule has 1 atom stereocenters. The Morgan fingerprint density at radius 3 is 2.68 bits per heavy atom. The standard InChI is InChI=1S/C21H23N5O2S3/c1-21(2,3)11-5-6-12-15(9-11)30-19(16(12)17(22)27)24-20(29)23-18(28)10-4-7-13-14(8-10)26-31-25-13/h4,7-8,11H,5-6,9H2,1-3H3,(H2,22,27)(H2,23,24,28,29)/t11-/m0/s1. The van der Waals surface area contributed by atoms with Gasteiger partial charge in [-0.3, -0.25) is 14.9 Å². The zero-order chi connectivity index (χ0) is 22.3. The zero-order valence-electron chi connectivity index (χ0n) is 17.4. The summed E-state index contributed by atoms with van der Waals surface area (Å²) in [4.78, 5) is 26.0. The lowest BCUT2D eigenvalue weighted by atomic mass is 9.72. The number of hydrogen-bond acceptors (Lipinski definition) is 7. The number of carbonyl (C=O) groups excluding carboxylic acids is 2. The molecule has 10 heteroatoms. The Hall–Kier alpha value is -2.43. The summed E-state index contributed by atoms with van der Waals surface area (Å²) in [5.74, 6) is -0.305. The van der Waals surface area contributed by atoms with Gasteiger partial charge in [-0.2, -0.15) is 8.75 Å². The topological polar surface area (TPSA) is 110 Å². The van der Waals surface area contributed by atoms with Gasteiger partial charge in [0.2, 0.25) is 0 Å². The molecule has 0 radical (unpaired) electrons. The van der Waals surface area contributed by atoms with Crippen molar-refractivity contribution >= 4 is 68.2 Å². The van der Waals surface area contributed by atoms with Crippen LogP contribution in [0.25, 0.3) is 11.0 Å². The van der Waals surface area contributed by atoms with Gasteiger partial charge in [0.25, 0.3) is 11.8 Å². The first-order valence-corrected chi connectivity index (χ1v) is 11.9. The van der Waals surface area contributed by atoms with Crippen LogP contribution >= 0.6 is 35.3 Å². The van der Waals surface area contributed by atoms with Gasteiger partial charge in [-0.25, -0.2) is 0 Å². The van der Waals surface area contributed by atoms with Crippen molar-refractivity contribution in [3.05, 3.63) is 39.8 Å². The minimum absolute atomic E-state index is 0.120. The number of carbonyl (C=O) groups is 2. The molecule has 1 aliphatic rings. The van der Waals surface area contributed by atoms with Crippen LogP contribution in [0, 0.1) is 11.3 Å². The quantitative estimate of drug-likeness (QED) is 0.494. The number of rotatable bonds is 3. The van der Waals surface area contributed by atoms with Gasteiger partial charge in [0.05, 0.1) is 17.3 Å². The molecular weight excluding hydrogens is 450 g/mol. The van der Waals surface area contributed by atoms with Crippen LogP contribution in [0.1, 0.15) is 58.3 Å². The minimum atomic E-state index is -0.482. The molecule has 2 heterocycles. The lowest BCUT2D eigenvalue weighted by molar-refractivity contribution is 0.0975. The van der Waals surface area contributed by atoms with E-state index in [2.05, 4.69) is 40.2 Å². The van der Waals surface area contributed by atoms with Gasteiger partial charge in [0.1, 0.15) is 16.0 Å². The highest BCUT2D eigenvalue weighted by Gasteiger charge is 2.33. The van der Waals surface area contributed by atoms with E-state index < -0.39 is 5.91 Å².